The van der Waals surface area contributed by atoms with Crippen LogP contribution in [0, 0.1) is 13.0 Å². The van der Waals surface area contributed by atoms with Crippen LogP contribution in [0.3, 0.4) is 0 Å². The van der Waals surface area contributed by atoms with Crippen LogP contribution in [0.2, 0.25) is 0 Å². The van der Waals surface area contributed by atoms with Crippen LogP contribution in [0.4, 0.5) is 0 Å². The minimum atomic E-state index is -0.990. The van der Waals surface area contributed by atoms with Gasteiger partial charge in [-0.1, -0.05) is 6.07 Å². The van der Waals surface area contributed by atoms with Crippen LogP contribution in [-0.2, 0) is 25.6 Å². The summed E-state index contributed by atoms with van der Waals surface area (Å²) in [4.78, 5) is 13.7. The van der Waals surface area contributed by atoms with Crippen molar-refractivity contribution in [1.29, 1.82) is 0 Å². The second-order valence-corrected chi connectivity index (χ2v) is 6.37. The molecule has 0 unspecified atom stereocenters. The molecule has 0 saturated heterocycles. The molecule has 2 aromatic heterocycles. The van der Waals surface area contributed by atoms with Crippen molar-refractivity contribution < 1.29 is 30.0 Å². The number of hydrogen-bond donors (Lipinski definition) is 1. The van der Waals surface area contributed by atoms with E-state index in [1.165, 1.54) is 12.3 Å². The molecule has 3 rings (SSSR count). The summed E-state index contributed by atoms with van der Waals surface area (Å²) in [5.74, 6) is 0.820. The Hall–Kier alpha value is -2.37. The molecule has 0 spiro atoms. The van der Waals surface area contributed by atoms with E-state index in [0.29, 0.717) is 0 Å². The first-order chi connectivity index (χ1) is 11.8. The van der Waals surface area contributed by atoms with E-state index in [9.17, 15) is 4.79 Å². The SMILES string of the molecule is Cc1nnc(-c2[c-]cccc2)n1C(C)(C)C.O=C(O)c1ccccn1.[Ir]. The molecule has 2 heterocycles. The number of carboxylic acid groups (broad SMARTS) is 1. The van der Waals surface area contributed by atoms with Crippen molar-refractivity contribution in [2.75, 3.05) is 0 Å². The van der Waals surface area contributed by atoms with Crippen molar-refractivity contribution in [1.82, 2.24) is 19.7 Å². The Bertz CT molecular complexity index is 828. The predicted molar refractivity (Wildman–Crippen MR) is 95.2 cm³/mol. The zero-order valence-electron chi connectivity index (χ0n) is 15.1. The quantitative estimate of drug-likeness (QED) is 0.514. The van der Waals surface area contributed by atoms with E-state index in [1.807, 2.05) is 31.2 Å². The number of hydrogen-bond acceptors (Lipinski definition) is 4. The molecule has 0 atom stereocenters. The minimum absolute atomic E-state index is 0. The molecule has 0 aliphatic carbocycles. The maximum atomic E-state index is 10.1. The molecule has 0 aliphatic heterocycles. The zero-order chi connectivity index (χ0) is 18.4. The topological polar surface area (TPSA) is 80.9 Å². The third kappa shape index (κ3) is 5.58. The van der Waals surface area contributed by atoms with Crippen LogP contribution >= 0.6 is 0 Å². The Kier molecular flexibility index (Phi) is 7.80. The number of aromatic nitrogens is 4. The average Bonchev–Trinajstić information content (AvgIpc) is 2.99. The van der Waals surface area contributed by atoms with Gasteiger partial charge in [0.1, 0.15) is 11.5 Å². The maximum absolute atomic E-state index is 10.1. The first-order valence-electron chi connectivity index (χ1n) is 7.84. The van der Waals surface area contributed by atoms with Gasteiger partial charge in [0, 0.05) is 31.8 Å². The van der Waals surface area contributed by atoms with E-state index in [2.05, 4.69) is 46.6 Å². The Morgan fingerprint density at radius 1 is 1.12 bits per heavy atom. The second kappa shape index (κ2) is 9.36. The van der Waals surface area contributed by atoms with Crippen LogP contribution < -0.4 is 0 Å². The molecular formula is C19H21IrN4O2-. The molecule has 0 amide bonds. The number of aryl methyl sites for hydroxylation is 1. The smallest absolute Gasteiger partial charge is 0.354 e. The molecule has 1 N–H and O–H groups in total. The van der Waals surface area contributed by atoms with Crippen LogP contribution in [0.1, 0.15) is 37.1 Å². The first kappa shape index (κ1) is 21.7. The van der Waals surface area contributed by atoms with Crippen LogP contribution in [0.25, 0.3) is 11.4 Å². The van der Waals surface area contributed by atoms with Gasteiger partial charge in [-0.25, -0.2) is 9.78 Å². The van der Waals surface area contributed by atoms with Crippen molar-refractivity contribution in [2.45, 2.75) is 33.2 Å². The molecule has 26 heavy (non-hydrogen) atoms. The van der Waals surface area contributed by atoms with Gasteiger partial charge in [-0.15, -0.1) is 41.0 Å². The summed E-state index contributed by atoms with van der Waals surface area (Å²) in [7, 11) is 0. The standard InChI is InChI=1S/C13H16N3.C6H5NO2.Ir/c1-10-14-15-12(16(10)13(2,3)4)11-8-6-5-7-9-11;8-6(9)5-3-1-2-4-7-5;/h5-8H,1-4H3;1-4H,(H,8,9);/q-1;;. The molecule has 0 saturated carbocycles. The van der Waals surface area contributed by atoms with Crippen molar-refractivity contribution in [3.63, 3.8) is 0 Å². The molecule has 3 aromatic rings. The molecule has 1 aromatic carbocycles. The fourth-order valence-electron chi connectivity index (χ4n) is 2.36. The van der Waals surface area contributed by atoms with Crippen molar-refractivity contribution in [3.8, 4) is 11.4 Å². The fraction of sp³-hybridized carbons (Fsp3) is 0.263. The number of pyridine rings is 1. The van der Waals surface area contributed by atoms with Gasteiger partial charge in [-0.3, -0.25) is 0 Å². The second-order valence-electron chi connectivity index (χ2n) is 6.37. The number of carboxylic acids is 1. The van der Waals surface area contributed by atoms with Gasteiger partial charge in [0.2, 0.25) is 0 Å². The van der Waals surface area contributed by atoms with Gasteiger partial charge in [-0.05, 0) is 39.8 Å². The van der Waals surface area contributed by atoms with E-state index < -0.39 is 5.97 Å². The van der Waals surface area contributed by atoms with E-state index in [0.717, 1.165) is 17.2 Å². The summed E-state index contributed by atoms with van der Waals surface area (Å²) in [5.41, 5.74) is 1.04. The molecule has 0 bridgehead atoms. The largest absolute Gasteiger partial charge is 0.477 e. The summed E-state index contributed by atoms with van der Waals surface area (Å²) in [5, 5.41) is 16.7. The molecule has 0 fully saturated rings. The van der Waals surface area contributed by atoms with Gasteiger partial charge in [0.25, 0.3) is 0 Å². The molecular weight excluding hydrogens is 508 g/mol. The fourth-order valence-corrected chi connectivity index (χ4v) is 2.36. The zero-order valence-corrected chi connectivity index (χ0v) is 17.5. The summed E-state index contributed by atoms with van der Waals surface area (Å²) in [6.07, 6.45) is 1.45. The molecule has 139 valence electrons. The average molecular weight is 530 g/mol. The van der Waals surface area contributed by atoms with E-state index in [-0.39, 0.29) is 31.3 Å². The Labute approximate surface area is 166 Å². The summed E-state index contributed by atoms with van der Waals surface area (Å²) in [6.45, 7) is 8.42. The molecule has 6 nitrogen and oxygen atoms in total. The third-order valence-electron chi connectivity index (χ3n) is 3.33. The minimum Gasteiger partial charge on any atom is -0.477 e. The number of rotatable bonds is 2. The van der Waals surface area contributed by atoms with Crippen LogP contribution in [0.15, 0.2) is 48.7 Å². The Morgan fingerprint density at radius 3 is 2.27 bits per heavy atom. The van der Waals surface area contributed by atoms with Gasteiger partial charge in [0.15, 0.2) is 0 Å². The number of aromatic carboxylic acids is 1. The number of carbonyl (C=O) groups is 1. The van der Waals surface area contributed by atoms with Gasteiger partial charge < -0.3 is 9.67 Å². The van der Waals surface area contributed by atoms with Crippen LogP contribution in [-0.4, -0.2) is 30.8 Å². The monoisotopic (exact) mass is 530 g/mol. The van der Waals surface area contributed by atoms with E-state index >= 15 is 0 Å². The molecule has 1 radical (unpaired) electrons. The first-order valence-corrected chi connectivity index (χ1v) is 7.84. The van der Waals surface area contributed by atoms with E-state index in [1.54, 1.807) is 12.1 Å². The molecule has 7 heteroatoms. The van der Waals surface area contributed by atoms with Gasteiger partial charge in [0.05, 0.1) is 5.82 Å². The Morgan fingerprint density at radius 2 is 1.81 bits per heavy atom. The Balaban J connectivity index is 0.000000290. The normalized spacial score (nSPS) is 10.3. The summed E-state index contributed by atoms with van der Waals surface area (Å²) >= 11 is 0. The number of nitrogens with zero attached hydrogens (tertiary/aromatic N) is 4. The van der Waals surface area contributed by atoms with Crippen molar-refractivity contribution in [2.24, 2.45) is 0 Å². The van der Waals surface area contributed by atoms with Gasteiger partial charge >= 0.3 is 5.97 Å². The van der Waals surface area contributed by atoms with Crippen molar-refractivity contribution >= 4 is 5.97 Å². The maximum Gasteiger partial charge on any atom is 0.354 e. The van der Waals surface area contributed by atoms with E-state index in [4.69, 9.17) is 5.11 Å². The summed E-state index contributed by atoms with van der Waals surface area (Å²) in [6, 6.07) is 15.8. The third-order valence-corrected chi connectivity index (χ3v) is 3.33. The molecule has 0 aliphatic rings. The van der Waals surface area contributed by atoms with Crippen LogP contribution in [0.5, 0.6) is 0 Å². The van der Waals surface area contributed by atoms with Gasteiger partial charge in [-0.2, -0.15) is 5.10 Å². The van der Waals surface area contributed by atoms with Crippen molar-refractivity contribution in [3.05, 3.63) is 66.2 Å². The number of benzene rings is 1. The predicted octanol–water partition coefficient (Wildman–Crippen LogP) is 3.59. The summed E-state index contributed by atoms with van der Waals surface area (Å²) < 4.78 is 2.14.